The van der Waals surface area contributed by atoms with E-state index in [1.165, 1.54) is 6.92 Å². The summed E-state index contributed by atoms with van der Waals surface area (Å²) < 4.78 is 36.9. The first-order valence-corrected chi connectivity index (χ1v) is 12.1. The van der Waals surface area contributed by atoms with Gasteiger partial charge in [-0.1, -0.05) is 91.0 Å². The molecule has 0 amide bonds. The number of carbonyl (C=O) groups excluding carboxylic acids is 1. The van der Waals surface area contributed by atoms with E-state index in [4.69, 9.17) is 28.4 Å². The average Bonchev–Trinajstić information content (AvgIpc) is 2.92. The maximum Gasteiger partial charge on any atom is 0.305 e. The van der Waals surface area contributed by atoms with Crippen molar-refractivity contribution in [1.82, 2.24) is 0 Å². The predicted molar refractivity (Wildman–Crippen MR) is 130 cm³/mol. The fourth-order valence-corrected chi connectivity index (χ4v) is 4.48. The first-order valence-electron chi connectivity index (χ1n) is 12.1. The van der Waals surface area contributed by atoms with Gasteiger partial charge in [-0.15, -0.1) is 0 Å². The first-order chi connectivity index (χ1) is 17.7. The number of rotatable bonds is 8. The molecule has 188 valence electrons. The predicted octanol–water partition coefficient (Wildman–Crippen LogP) is 4.56. The monoisotopic (exact) mass is 490 g/mol. The van der Waals surface area contributed by atoms with Crippen LogP contribution in [0, 0.1) is 0 Å². The van der Waals surface area contributed by atoms with Gasteiger partial charge in [0.25, 0.3) is 0 Å². The summed E-state index contributed by atoms with van der Waals surface area (Å²) in [5, 5.41) is 0. The number of benzene rings is 3. The molecular formula is C29H30O7. The van der Waals surface area contributed by atoms with Crippen LogP contribution in [0.25, 0.3) is 0 Å². The van der Waals surface area contributed by atoms with Crippen molar-refractivity contribution in [2.45, 2.75) is 57.1 Å². The van der Waals surface area contributed by atoms with Gasteiger partial charge in [-0.2, -0.15) is 0 Å². The van der Waals surface area contributed by atoms with Crippen LogP contribution in [0.15, 0.2) is 91.0 Å². The molecule has 0 radical (unpaired) electrons. The van der Waals surface area contributed by atoms with E-state index in [9.17, 15) is 4.79 Å². The van der Waals surface area contributed by atoms with Gasteiger partial charge in [0.2, 0.25) is 6.29 Å². The third kappa shape index (κ3) is 6.00. The number of hydrogen-bond acceptors (Lipinski definition) is 7. The van der Waals surface area contributed by atoms with Gasteiger partial charge in [0, 0.05) is 12.5 Å². The molecule has 2 saturated heterocycles. The maximum atomic E-state index is 12.0. The Bertz CT molecular complexity index is 1090. The Morgan fingerprint density at radius 1 is 0.778 bits per heavy atom. The first kappa shape index (κ1) is 24.6. The Kier molecular flexibility index (Phi) is 8.05. The molecule has 7 nitrogen and oxygen atoms in total. The van der Waals surface area contributed by atoms with Gasteiger partial charge in [-0.05, 0) is 11.1 Å². The number of fused-ring (bicyclic) bond motifs is 1. The minimum atomic E-state index is -0.964. The lowest BCUT2D eigenvalue weighted by Crippen LogP contribution is -2.63. The maximum absolute atomic E-state index is 12.0. The van der Waals surface area contributed by atoms with Crippen LogP contribution in [0.2, 0.25) is 0 Å². The molecule has 36 heavy (non-hydrogen) atoms. The number of hydrogen-bond donors (Lipinski definition) is 0. The molecule has 1 unspecified atom stereocenters. The molecule has 6 atom stereocenters. The standard InChI is InChI=1S/C29H30O7/c1-20(30)34-29-27(32-18-22-13-7-3-8-14-22)26(31-17-21-11-5-2-6-12-21)25-24(35-29)19-33-28(36-25)23-15-9-4-10-16-23/h2-16,24-29H,17-19H2,1H3/t24-,25-,26+,27+,28?,29+/m1/s1. The van der Waals surface area contributed by atoms with Gasteiger partial charge in [-0.25, -0.2) is 0 Å². The number of ether oxygens (including phenoxy) is 6. The fraction of sp³-hybridized carbons (Fsp3) is 0.345. The van der Waals surface area contributed by atoms with E-state index in [0.29, 0.717) is 13.2 Å². The Morgan fingerprint density at radius 2 is 1.33 bits per heavy atom. The Balaban J connectivity index is 1.42. The van der Waals surface area contributed by atoms with Crippen molar-refractivity contribution in [1.29, 1.82) is 0 Å². The van der Waals surface area contributed by atoms with Crippen molar-refractivity contribution in [3.8, 4) is 0 Å². The van der Waals surface area contributed by atoms with Gasteiger partial charge in [0.05, 0.1) is 19.8 Å². The highest BCUT2D eigenvalue weighted by Gasteiger charge is 2.52. The zero-order valence-corrected chi connectivity index (χ0v) is 20.1. The quantitative estimate of drug-likeness (QED) is 0.429. The highest BCUT2D eigenvalue weighted by Crippen LogP contribution is 2.37. The molecule has 3 aromatic carbocycles. The molecule has 7 heteroatoms. The van der Waals surface area contributed by atoms with Gasteiger partial charge in [-0.3, -0.25) is 4.79 Å². The van der Waals surface area contributed by atoms with Crippen molar-refractivity contribution < 1.29 is 33.2 Å². The van der Waals surface area contributed by atoms with Crippen molar-refractivity contribution in [2.24, 2.45) is 0 Å². The van der Waals surface area contributed by atoms with Crippen LogP contribution in [-0.4, -0.2) is 43.3 Å². The Hall–Kier alpha value is -3.07. The number of carbonyl (C=O) groups is 1. The van der Waals surface area contributed by atoms with E-state index >= 15 is 0 Å². The van der Waals surface area contributed by atoms with Gasteiger partial charge in [0.15, 0.2) is 6.29 Å². The third-order valence-corrected chi connectivity index (χ3v) is 6.21. The highest BCUT2D eigenvalue weighted by molar-refractivity contribution is 5.66. The lowest BCUT2D eigenvalue weighted by atomic mass is 9.97. The van der Waals surface area contributed by atoms with E-state index in [1.54, 1.807) is 0 Å². The van der Waals surface area contributed by atoms with E-state index in [-0.39, 0.29) is 6.61 Å². The SMILES string of the molecule is CC(=O)O[C@H]1O[C@@H]2COC(c3ccccc3)O[C@H]2[C@H](OCc2ccccc2)[C@@H]1OCc1ccccc1. The molecule has 0 aliphatic carbocycles. The molecule has 2 aliphatic heterocycles. The van der Waals surface area contributed by atoms with Crippen LogP contribution in [0.1, 0.15) is 29.9 Å². The molecule has 0 aromatic heterocycles. The van der Waals surface area contributed by atoms with Gasteiger partial charge < -0.3 is 28.4 Å². The van der Waals surface area contributed by atoms with Crippen molar-refractivity contribution in [3.05, 3.63) is 108 Å². The molecule has 0 bridgehead atoms. The van der Waals surface area contributed by atoms with Crippen LogP contribution in [0.4, 0.5) is 0 Å². The Morgan fingerprint density at radius 3 is 1.92 bits per heavy atom. The second-order valence-electron chi connectivity index (χ2n) is 8.85. The summed E-state index contributed by atoms with van der Waals surface area (Å²) in [6.45, 7) is 2.25. The van der Waals surface area contributed by atoms with Crippen LogP contribution in [0.5, 0.6) is 0 Å². The molecule has 2 aliphatic rings. The summed E-state index contributed by atoms with van der Waals surface area (Å²) in [6, 6.07) is 29.4. The normalized spacial score (nSPS) is 27.7. The van der Waals surface area contributed by atoms with Crippen molar-refractivity contribution in [2.75, 3.05) is 6.61 Å². The molecule has 2 fully saturated rings. The van der Waals surface area contributed by atoms with Crippen molar-refractivity contribution in [3.63, 3.8) is 0 Å². The fourth-order valence-electron chi connectivity index (χ4n) is 4.48. The van der Waals surface area contributed by atoms with Gasteiger partial charge >= 0.3 is 5.97 Å². The summed E-state index contributed by atoms with van der Waals surface area (Å²) in [5.41, 5.74) is 2.90. The minimum absolute atomic E-state index is 0.262. The average molecular weight is 491 g/mol. The molecule has 3 aromatic rings. The third-order valence-electron chi connectivity index (χ3n) is 6.21. The zero-order valence-electron chi connectivity index (χ0n) is 20.1. The summed E-state index contributed by atoms with van der Waals surface area (Å²) in [5.74, 6) is -0.464. The highest BCUT2D eigenvalue weighted by atomic mass is 16.8. The summed E-state index contributed by atoms with van der Waals surface area (Å²) in [4.78, 5) is 12.0. The van der Waals surface area contributed by atoms with Crippen LogP contribution in [-0.2, 0) is 46.4 Å². The van der Waals surface area contributed by atoms with E-state index in [1.807, 2.05) is 91.0 Å². The lowest BCUT2D eigenvalue weighted by Gasteiger charge is -2.48. The van der Waals surface area contributed by atoms with Crippen LogP contribution >= 0.6 is 0 Å². The Labute approximate surface area is 210 Å². The summed E-state index contributed by atoms with van der Waals surface area (Å²) >= 11 is 0. The van der Waals surface area contributed by atoms with Gasteiger partial charge in [0.1, 0.15) is 24.4 Å². The smallest absolute Gasteiger partial charge is 0.305 e. The zero-order chi connectivity index (χ0) is 24.7. The van der Waals surface area contributed by atoms with Crippen LogP contribution < -0.4 is 0 Å². The largest absolute Gasteiger partial charge is 0.433 e. The molecule has 0 saturated carbocycles. The topological polar surface area (TPSA) is 72.5 Å². The van der Waals surface area contributed by atoms with E-state index in [2.05, 4.69) is 0 Å². The second-order valence-corrected chi connectivity index (χ2v) is 8.85. The summed E-state index contributed by atoms with van der Waals surface area (Å²) in [6.07, 6.45) is -3.82. The molecular weight excluding hydrogens is 460 g/mol. The van der Waals surface area contributed by atoms with E-state index < -0.39 is 43.0 Å². The molecule has 5 rings (SSSR count). The minimum Gasteiger partial charge on any atom is -0.433 e. The second kappa shape index (κ2) is 11.8. The lowest BCUT2D eigenvalue weighted by molar-refractivity contribution is -0.366. The van der Waals surface area contributed by atoms with E-state index in [0.717, 1.165) is 16.7 Å². The summed E-state index contributed by atoms with van der Waals surface area (Å²) in [7, 11) is 0. The molecule has 0 spiro atoms. The van der Waals surface area contributed by atoms with Crippen LogP contribution in [0.3, 0.4) is 0 Å². The molecule has 2 heterocycles. The molecule has 0 N–H and O–H groups in total. The number of esters is 1. The van der Waals surface area contributed by atoms with Crippen molar-refractivity contribution >= 4 is 5.97 Å².